The molecule has 21 heavy (non-hydrogen) atoms. The standard InChI is InChI=1S/C16H21NO4/c18-13-7-11(8-14(19)9-13)15(20)17-6-5-16(21)4-2-1-3-12(16)10-17/h7-9,12,18-19,21H,1-6,10H2. The van der Waals surface area contributed by atoms with Gasteiger partial charge in [0.1, 0.15) is 11.5 Å². The fourth-order valence-corrected chi connectivity index (χ4v) is 3.66. The van der Waals surface area contributed by atoms with Crippen molar-refractivity contribution >= 4 is 5.91 Å². The van der Waals surface area contributed by atoms with E-state index < -0.39 is 5.60 Å². The van der Waals surface area contributed by atoms with Crippen LogP contribution in [0.5, 0.6) is 11.5 Å². The average Bonchev–Trinajstić information content (AvgIpc) is 2.44. The second-order valence-electron chi connectivity index (χ2n) is 6.29. The summed E-state index contributed by atoms with van der Waals surface area (Å²) in [6.45, 7) is 1.06. The van der Waals surface area contributed by atoms with Crippen LogP contribution in [0.25, 0.3) is 0 Å². The Labute approximate surface area is 123 Å². The first kappa shape index (κ1) is 14.2. The van der Waals surface area contributed by atoms with E-state index in [1.54, 1.807) is 4.90 Å². The quantitative estimate of drug-likeness (QED) is 0.738. The van der Waals surface area contributed by atoms with Crippen molar-refractivity contribution in [3.8, 4) is 11.5 Å². The van der Waals surface area contributed by atoms with Crippen LogP contribution < -0.4 is 0 Å². The number of aliphatic hydroxyl groups is 1. The summed E-state index contributed by atoms with van der Waals surface area (Å²) in [5.74, 6) is -0.308. The number of rotatable bonds is 1. The first-order valence-corrected chi connectivity index (χ1v) is 7.53. The van der Waals surface area contributed by atoms with Crippen molar-refractivity contribution in [3.05, 3.63) is 23.8 Å². The highest BCUT2D eigenvalue weighted by atomic mass is 16.3. The van der Waals surface area contributed by atoms with Crippen molar-refractivity contribution in [2.24, 2.45) is 5.92 Å². The van der Waals surface area contributed by atoms with Gasteiger partial charge in [-0.25, -0.2) is 0 Å². The molecule has 2 aliphatic rings. The number of benzene rings is 1. The van der Waals surface area contributed by atoms with Gasteiger partial charge < -0.3 is 20.2 Å². The van der Waals surface area contributed by atoms with Gasteiger partial charge in [-0.1, -0.05) is 12.8 Å². The lowest BCUT2D eigenvalue weighted by Gasteiger charge is -2.47. The van der Waals surface area contributed by atoms with Crippen molar-refractivity contribution in [2.45, 2.75) is 37.7 Å². The van der Waals surface area contributed by atoms with Crippen molar-refractivity contribution in [3.63, 3.8) is 0 Å². The van der Waals surface area contributed by atoms with Crippen LogP contribution in [0.4, 0.5) is 0 Å². The number of amides is 1. The van der Waals surface area contributed by atoms with E-state index in [2.05, 4.69) is 0 Å². The third-order valence-corrected chi connectivity index (χ3v) is 4.86. The zero-order valence-electron chi connectivity index (χ0n) is 12.0. The summed E-state index contributed by atoms with van der Waals surface area (Å²) in [4.78, 5) is 14.2. The molecule has 5 nitrogen and oxygen atoms in total. The summed E-state index contributed by atoms with van der Waals surface area (Å²) in [7, 11) is 0. The van der Waals surface area contributed by atoms with Gasteiger partial charge in [0.25, 0.3) is 5.91 Å². The summed E-state index contributed by atoms with van der Waals surface area (Å²) in [5, 5.41) is 29.6. The summed E-state index contributed by atoms with van der Waals surface area (Å²) >= 11 is 0. The monoisotopic (exact) mass is 291 g/mol. The summed E-state index contributed by atoms with van der Waals surface area (Å²) < 4.78 is 0. The number of fused-ring (bicyclic) bond motifs is 1. The van der Waals surface area contributed by atoms with Crippen LogP contribution in [0, 0.1) is 5.92 Å². The molecule has 1 aromatic carbocycles. The number of piperidine rings is 1. The Morgan fingerprint density at radius 2 is 1.86 bits per heavy atom. The fraction of sp³-hybridized carbons (Fsp3) is 0.562. The van der Waals surface area contributed by atoms with Crippen LogP contribution in [0.1, 0.15) is 42.5 Å². The molecule has 3 rings (SSSR count). The van der Waals surface area contributed by atoms with E-state index in [1.165, 1.54) is 18.2 Å². The molecule has 0 spiro atoms. The lowest BCUT2D eigenvalue weighted by atomic mass is 9.71. The van der Waals surface area contributed by atoms with Crippen molar-refractivity contribution in [2.75, 3.05) is 13.1 Å². The molecule has 1 aliphatic heterocycles. The van der Waals surface area contributed by atoms with Crippen LogP contribution in [0.3, 0.4) is 0 Å². The largest absolute Gasteiger partial charge is 0.508 e. The zero-order chi connectivity index (χ0) is 15.0. The van der Waals surface area contributed by atoms with Crippen LogP contribution >= 0.6 is 0 Å². The van der Waals surface area contributed by atoms with E-state index in [4.69, 9.17) is 0 Å². The Hall–Kier alpha value is -1.75. The first-order valence-electron chi connectivity index (χ1n) is 7.53. The van der Waals surface area contributed by atoms with E-state index in [0.29, 0.717) is 19.5 Å². The SMILES string of the molecule is O=C(c1cc(O)cc(O)c1)N1CCC2(O)CCCCC2C1. The van der Waals surface area contributed by atoms with Gasteiger partial charge in [0.05, 0.1) is 5.60 Å². The number of carbonyl (C=O) groups is 1. The molecule has 0 radical (unpaired) electrons. The summed E-state index contributed by atoms with van der Waals surface area (Å²) in [6, 6.07) is 3.93. The molecule has 2 atom stereocenters. The predicted octanol–water partition coefficient (Wildman–Crippen LogP) is 1.86. The molecule has 0 aromatic heterocycles. The Morgan fingerprint density at radius 1 is 1.14 bits per heavy atom. The average molecular weight is 291 g/mol. The molecule has 1 amide bonds. The number of phenolic OH excluding ortho intramolecular Hbond substituents is 2. The van der Waals surface area contributed by atoms with Gasteiger partial charge >= 0.3 is 0 Å². The van der Waals surface area contributed by atoms with E-state index in [9.17, 15) is 20.1 Å². The molecule has 1 aromatic rings. The van der Waals surface area contributed by atoms with Crippen LogP contribution in [-0.2, 0) is 0 Å². The minimum atomic E-state index is -0.615. The van der Waals surface area contributed by atoms with Gasteiger partial charge in [0.15, 0.2) is 0 Å². The maximum Gasteiger partial charge on any atom is 0.254 e. The molecule has 2 fully saturated rings. The molecule has 1 aliphatic carbocycles. The van der Waals surface area contributed by atoms with E-state index in [-0.39, 0.29) is 28.9 Å². The fourth-order valence-electron chi connectivity index (χ4n) is 3.66. The number of hydrogen-bond acceptors (Lipinski definition) is 4. The van der Waals surface area contributed by atoms with E-state index in [0.717, 1.165) is 25.7 Å². The number of hydrogen-bond donors (Lipinski definition) is 3. The highest BCUT2D eigenvalue weighted by Gasteiger charge is 2.43. The number of carbonyl (C=O) groups excluding carboxylic acids is 1. The lowest BCUT2D eigenvalue weighted by molar-refractivity contribution is -0.0886. The third-order valence-electron chi connectivity index (χ3n) is 4.86. The van der Waals surface area contributed by atoms with Gasteiger partial charge in [0.2, 0.25) is 0 Å². The molecule has 5 heteroatoms. The smallest absolute Gasteiger partial charge is 0.254 e. The highest BCUT2D eigenvalue weighted by molar-refractivity contribution is 5.95. The predicted molar refractivity (Wildman–Crippen MR) is 77.2 cm³/mol. The summed E-state index contributed by atoms with van der Waals surface area (Å²) in [5.41, 5.74) is -0.329. The number of aromatic hydroxyl groups is 2. The van der Waals surface area contributed by atoms with Crippen LogP contribution in [-0.4, -0.2) is 44.8 Å². The number of nitrogens with zero attached hydrogens (tertiary/aromatic N) is 1. The normalized spacial score (nSPS) is 29.0. The molecule has 0 bridgehead atoms. The number of phenols is 2. The molecule has 3 N–H and O–H groups in total. The Balaban J connectivity index is 1.77. The molecule has 114 valence electrons. The maximum absolute atomic E-state index is 12.5. The highest BCUT2D eigenvalue weighted by Crippen LogP contribution is 2.40. The third kappa shape index (κ3) is 2.70. The maximum atomic E-state index is 12.5. The number of likely N-dealkylation sites (tertiary alicyclic amines) is 1. The Morgan fingerprint density at radius 3 is 2.57 bits per heavy atom. The molecule has 1 heterocycles. The van der Waals surface area contributed by atoms with Gasteiger partial charge in [0, 0.05) is 30.6 Å². The van der Waals surface area contributed by atoms with Gasteiger partial charge in [-0.2, -0.15) is 0 Å². The minimum Gasteiger partial charge on any atom is -0.508 e. The minimum absolute atomic E-state index is 0.121. The first-order chi connectivity index (χ1) is 9.98. The van der Waals surface area contributed by atoms with E-state index in [1.807, 2.05) is 0 Å². The molecule has 1 saturated heterocycles. The Kier molecular flexibility index (Phi) is 3.53. The second kappa shape index (κ2) is 5.22. The van der Waals surface area contributed by atoms with Crippen LogP contribution in [0.15, 0.2) is 18.2 Å². The molecular formula is C16H21NO4. The van der Waals surface area contributed by atoms with Crippen molar-refractivity contribution < 1.29 is 20.1 Å². The van der Waals surface area contributed by atoms with Gasteiger partial charge in [-0.05, 0) is 31.4 Å². The van der Waals surface area contributed by atoms with Crippen molar-refractivity contribution in [1.82, 2.24) is 4.90 Å². The van der Waals surface area contributed by atoms with Crippen LogP contribution in [0.2, 0.25) is 0 Å². The summed E-state index contributed by atoms with van der Waals surface area (Å²) in [6.07, 6.45) is 4.54. The van der Waals surface area contributed by atoms with Crippen molar-refractivity contribution in [1.29, 1.82) is 0 Å². The topological polar surface area (TPSA) is 81.0 Å². The van der Waals surface area contributed by atoms with E-state index >= 15 is 0 Å². The van der Waals surface area contributed by atoms with Gasteiger partial charge in [-0.15, -0.1) is 0 Å². The zero-order valence-corrected chi connectivity index (χ0v) is 12.0. The lowest BCUT2D eigenvalue weighted by Crippen LogP contribution is -2.54. The molecule has 2 unspecified atom stereocenters. The molecule has 1 saturated carbocycles. The Bertz CT molecular complexity index is 539. The second-order valence-corrected chi connectivity index (χ2v) is 6.29. The van der Waals surface area contributed by atoms with Gasteiger partial charge in [-0.3, -0.25) is 4.79 Å². The molecular weight excluding hydrogens is 270 g/mol.